The van der Waals surface area contributed by atoms with Crippen LogP contribution in [0, 0.1) is 13.8 Å². The molecule has 12 heteroatoms. The standard InChI is InChI=1S/C31H44N10O2/c1-20-18-23(4-5-26(20)41-10-6-24(7-11-41)40-14-12-39(3)13-15-40)34-31-28(29(32)42)35-27(25-19-21(2)37-38-25)30(36-31)33-22-8-16-43-17-9-22/h4-5,18-19,22,24H,6-17H2,1-3H3,(H2,32,42)(H,37,38)(H2,33,34,36)/i3D3. The van der Waals surface area contributed by atoms with Gasteiger partial charge in [0, 0.05) is 85.7 Å². The molecule has 0 unspecified atom stereocenters. The molecule has 2 aromatic heterocycles. The average molecular weight is 592 g/mol. The van der Waals surface area contributed by atoms with Gasteiger partial charge in [0.1, 0.15) is 11.4 Å². The van der Waals surface area contributed by atoms with Crippen molar-refractivity contribution in [2.75, 3.05) is 75.0 Å². The number of nitrogens with two attached hydrogens (primary N) is 1. The van der Waals surface area contributed by atoms with Crippen molar-refractivity contribution in [2.24, 2.45) is 5.73 Å². The number of anilines is 4. The van der Waals surface area contributed by atoms with Gasteiger partial charge in [0.05, 0.1) is 0 Å². The Morgan fingerprint density at radius 2 is 1.79 bits per heavy atom. The Morgan fingerprint density at radius 3 is 2.44 bits per heavy atom. The van der Waals surface area contributed by atoms with E-state index in [4.69, 9.17) is 19.6 Å². The first-order valence-electron chi connectivity index (χ1n) is 16.8. The molecule has 0 aliphatic carbocycles. The van der Waals surface area contributed by atoms with E-state index in [1.807, 2.05) is 19.1 Å². The van der Waals surface area contributed by atoms with Gasteiger partial charge in [-0.2, -0.15) is 5.10 Å². The third-order valence-corrected chi connectivity index (χ3v) is 8.74. The number of amides is 1. The van der Waals surface area contributed by atoms with E-state index >= 15 is 0 Å². The minimum absolute atomic E-state index is 0.0386. The second-order valence-corrected chi connectivity index (χ2v) is 11.8. The summed E-state index contributed by atoms with van der Waals surface area (Å²) in [6, 6.07) is 8.64. The molecule has 1 aromatic carbocycles. The lowest BCUT2D eigenvalue weighted by Crippen LogP contribution is -2.52. The zero-order valence-corrected chi connectivity index (χ0v) is 25.0. The van der Waals surface area contributed by atoms with Gasteiger partial charge in [-0.25, -0.2) is 9.97 Å². The van der Waals surface area contributed by atoms with E-state index < -0.39 is 12.9 Å². The number of nitrogens with one attached hydrogen (secondary N) is 3. The molecule has 3 fully saturated rings. The van der Waals surface area contributed by atoms with E-state index in [0.717, 1.165) is 68.8 Å². The zero-order chi connectivity index (χ0) is 32.4. The lowest BCUT2D eigenvalue weighted by molar-refractivity contribution is 0.0904. The molecule has 0 saturated carbocycles. The Kier molecular flexibility index (Phi) is 7.70. The van der Waals surface area contributed by atoms with Crippen LogP contribution in [-0.4, -0.2) is 107 Å². The van der Waals surface area contributed by atoms with Crippen LogP contribution < -0.4 is 21.3 Å². The molecule has 3 aliphatic heterocycles. The van der Waals surface area contributed by atoms with Crippen LogP contribution in [0.25, 0.3) is 11.4 Å². The molecule has 5 heterocycles. The van der Waals surface area contributed by atoms with Gasteiger partial charge in [-0.1, -0.05) is 0 Å². The Hall–Kier alpha value is -3.74. The minimum Gasteiger partial charge on any atom is -0.381 e. The molecule has 1 amide bonds. The van der Waals surface area contributed by atoms with Crippen LogP contribution in [0.15, 0.2) is 24.3 Å². The molecule has 0 atom stereocenters. The van der Waals surface area contributed by atoms with Crippen molar-refractivity contribution in [2.45, 2.75) is 51.6 Å². The SMILES string of the molecule is [2H]C([2H])([2H])N1CCN(C2CCN(c3ccc(Nc4nc(NC5CCOCC5)c(-c5cc(C)[nH]n5)nc4C(N)=O)cc3C)CC2)CC1. The number of aromatic amines is 1. The normalized spacial score (nSPS) is 20.8. The first kappa shape index (κ1) is 25.7. The number of carbonyl (C=O) groups is 1. The number of H-pyrrole nitrogens is 1. The molecular weight excluding hydrogens is 544 g/mol. The highest BCUT2D eigenvalue weighted by Crippen LogP contribution is 2.32. The van der Waals surface area contributed by atoms with Gasteiger partial charge < -0.3 is 30.9 Å². The van der Waals surface area contributed by atoms with Crippen LogP contribution in [-0.2, 0) is 4.74 Å². The van der Waals surface area contributed by atoms with Crippen molar-refractivity contribution < 1.29 is 13.6 Å². The molecule has 5 N–H and O–H groups in total. The van der Waals surface area contributed by atoms with E-state index in [9.17, 15) is 4.79 Å². The molecule has 0 bridgehead atoms. The number of piperazine rings is 1. The fourth-order valence-electron chi connectivity index (χ4n) is 6.33. The maximum absolute atomic E-state index is 12.6. The summed E-state index contributed by atoms with van der Waals surface area (Å²) < 4.78 is 28.6. The maximum atomic E-state index is 12.6. The maximum Gasteiger partial charge on any atom is 0.271 e. The van der Waals surface area contributed by atoms with Gasteiger partial charge in [-0.15, -0.1) is 0 Å². The summed E-state index contributed by atoms with van der Waals surface area (Å²) >= 11 is 0. The third kappa shape index (κ3) is 6.76. The molecule has 43 heavy (non-hydrogen) atoms. The fraction of sp³-hybridized carbons (Fsp3) is 0.548. The number of primary amides is 1. The van der Waals surface area contributed by atoms with Gasteiger partial charge >= 0.3 is 0 Å². The Balaban J connectivity index is 1.16. The largest absolute Gasteiger partial charge is 0.381 e. The van der Waals surface area contributed by atoms with Crippen LogP contribution >= 0.6 is 0 Å². The van der Waals surface area contributed by atoms with E-state index in [2.05, 4.69) is 54.7 Å². The van der Waals surface area contributed by atoms with Crippen molar-refractivity contribution >= 4 is 28.9 Å². The highest BCUT2D eigenvalue weighted by molar-refractivity contribution is 5.97. The van der Waals surface area contributed by atoms with Gasteiger partial charge in [0.25, 0.3) is 5.91 Å². The smallest absolute Gasteiger partial charge is 0.271 e. The summed E-state index contributed by atoms with van der Waals surface area (Å²) in [7, 11) is 0. The number of benzene rings is 1. The summed E-state index contributed by atoms with van der Waals surface area (Å²) in [4.78, 5) is 28.6. The second kappa shape index (κ2) is 12.9. The van der Waals surface area contributed by atoms with Crippen molar-refractivity contribution in [3.8, 4) is 11.4 Å². The van der Waals surface area contributed by atoms with Gasteiger partial charge in [-0.3, -0.25) is 14.8 Å². The van der Waals surface area contributed by atoms with E-state index in [1.54, 1.807) is 4.90 Å². The number of piperidine rings is 1. The summed E-state index contributed by atoms with van der Waals surface area (Å²) in [5, 5.41) is 14.1. The first-order chi connectivity index (χ1) is 22.0. The topological polar surface area (TPSA) is 141 Å². The highest BCUT2D eigenvalue weighted by Gasteiger charge is 2.28. The number of aromatic nitrogens is 4. The van der Waals surface area contributed by atoms with Gasteiger partial charge in [0.2, 0.25) is 0 Å². The lowest BCUT2D eigenvalue weighted by atomic mass is 10.0. The summed E-state index contributed by atoms with van der Waals surface area (Å²) in [5.74, 6) is 0.128. The zero-order valence-electron chi connectivity index (χ0n) is 28.0. The predicted octanol–water partition coefficient (Wildman–Crippen LogP) is 3.13. The van der Waals surface area contributed by atoms with E-state index in [1.165, 1.54) is 5.69 Å². The Morgan fingerprint density at radius 1 is 1.02 bits per heavy atom. The fourth-order valence-corrected chi connectivity index (χ4v) is 6.33. The number of hydrogen-bond acceptors (Lipinski definition) is 10. The lowest BCUT2D eigenvalue weighted by Gasteiger charge is -2.43. The quantitative estimate of drug-likeness (QED) is 0.309. The number of rotatable bonds is 8. The van der Waals surface area contributed by atoms with Crippen LogP contribution in [0.1, 0.15) is 51.5 Å². The average Bonchev–Trinajstić information content (AvgIpc) is 3.47. The van der Waals surface area contributed by atoms with Gasteiger partial charge in [-0.05, 0) is 76.3 Å². The Bertz CT molecular complexity index is 1530. The number of aryl methyl sites for hydroxylation is 2. The molecular formula is C31H44N10O2. The van der Waals surface area contributed by atoms with Crippen LogP contribution in [0.4, 0.5) is 23.0 Å². The molecule has 6 rings (SSSR count). The number of nitrogens with zero attached hydrogens (tertiary/aromatic N) is 6. The minimum atomic E-state index is -2.01. The first-order valence-corrected chi connectivity index (χ1v) is 15.3. The van der Waals surface area contributed by atoms with E-state index in [-0.39, 0.29) is 17.6 Å². The van der Waals surface area contributed by atoms with Crippen molar-refractivity contribution in [3.63, 3.8) is 0 Å². The van der Waals surface area contributed by atoms with Gasteiger partial charge in [0.15, 0.2) is 17.3 Å². The second-order valence-electron chi connectivity index (χ2n) is 11.8. The third-order valence-electron chi connectivity index (χ3n) is 8.74. The number of likely N-dealkylation sites (N-methyl/N-ethyl adjacent to an activating group) is 1. The molecule has 3 aromatic rings. The molecule has 0 radical (unpaired) electrons. The van der Waals surface area contributed by atoms with Crippen molar-refractivity contribution in [1.82, 2.24) is 30.0 Å². The van der Waals surface area contributed by atoms with Crippen molar-refractivity contribution in [3.05, 3.63) is 41.2 Å². The van der Waals surface area contributed by atoms with Crippen molar-refractivity contribution in [1.29, 1.82) is 0 Å². The summed E-state index contributed by atoms with van der Waals surface area (Å²) in [6.07, 6.45) is 3.74. The van der Waals surface area contributed by atoms with Crippen LogP contribution in [0.2, 0.25) is 0 Å². The number of hydrogen-bond donors (Lipinski definition) is 4. The number of carbonyl (C=O) groups excluding carboxylic acids is 1. The van der Waals surface area contributed by atoms with Crippen LogP contribution in [0.3, 0.4) is 0 Å². The molecule has 3 saturated heterocycles. The highest BCUT2D eigenvalue weighted by atomic mass is 16.5. The predicted molar refractivity (Wildman–Crippen MR) is 169 cm³/mol. The summed E-state index contributed by atoms with van der Waals surface area (Å²) in [5.41, 5.74) is 10.8. The summed E-state index contributed by atoms with van der Waals surface area (Å²) in [6.45, 7) is 7.96. The molecule has 0 spiro atoms. The molecule has 12 nitrogen and oxygen atoms in total. The van der Waals surface area contributed by atoms with E-state index in [0.29, 0.717) is 49.6 Å². The number of ether oxygens (including phenoxy) is 1. The molecule has 3 aliphatic rings. The van der Waals surface area contributed by atoms with Crippen LogP contribution in [0.5, 0.6) is 0 Å². The Labute approximate surface area is 257 Å². The monoisotopic (exact) mass is 591 g/mol. The molecule has 230 valence electrons.